The smallest absolute Gasteiger partial charge is 0.172 e. The molecule has 0 bridgehead atoms. The van der Waals surface area contributed by atoms with Crippen LogP contribution in [0.15, 0.2) is 240 Å². The summed E-state index contributed by atoms with van der Waals surface area (Å²) < 4.78 is 64.7. The molecule has 0 spiro atoms. The van der Waals surface area contributed by atoms with E-state index >= 15 is 0 Å². The predicted octanol–water partition coefficient (Wildman–Crippen LogP) is 9.12. The summed E-state index contributed by atoms with van der Waals surface area (Å²) in [5, 5.41) is 16.4. The Hall–Kier alpha value is -6.62. The van der Waals surface area contributed by atoms with E-state index in [0.29, 0.717) is 24.3 Å². The summed E-state index contributed by atoms with van der Waals surface area (Å²) in [6.07, 6.45) is 6.65. The van der Waals surface area contributed by atoms with Crippen LogP contribution in [0.3, 0.4) is 0 Å². The van der Waals surface area contributed by atoms with Crippen molar-refractivity contribution in [2.45, 2.75) is 73.2 Å². The van der Waals surface area contributed by atoms with E-state index in [0.717, 1.165) is 49.9 Å². The lowest BCUT2D eigenvalue weighted by atomic mass is 9.78. The molecule has 0 heterocycles. The van der Waals surface area contributed by atoms with E-state index in [1.807, 2.05) is 36.4 Å². The van der Waals surface area contributed by atoms with Crippen LogP contribution < -0.4 is 11.5 Å². The summed E-state index contributed by atoms with van der Waals surface area (Å²) >= 11 is 0. The van der Waals surface area contributed by atoms with Crippen molar-refractivity contribution in [1.29, 1.82) is 0 Å². The number of aliphatic hydroxyl groups is 2. The first-order valence-corrected chi connectivity index (χ1v) is 26.8. The molecule has 8 rings (SSSR count). The van der Waals surface area contributed by atoms with Gasteiger partial charge in [0.25, 0.3) is 0 Å². The zero-order chi connectivity index (χ0) is 52.3. The van der Waals surface area contributed by atoms with Gasteiger partial charge in [0.1, 0.15) is 20.2 Å². The fourth-order valence-electron chi connectivity index (χ4n) is 7.69. The fourth-order valence-corrected chi connectivity index (χ4v) is 8.63. The number of hydrogen-bond acceptors (Lipinski definition) is 8. The zero-order valence-electron chi connectivity index (χ0n) is 41.7. The van der Waals surface area contributed by atoms with Crippen LogP contribution in [0.1, 0.15) is 85.8 Å². The minimum Gasteiger partial charge on any atom is -0.744 e. The Kier molecular flexibility index (Phi) is 25.8. The third-order valence-electron chi connectivity index (χ3n) is 11.7. The lowest BCUT2D eigenvalue weighted by Gasteiger charge is -2.27. The van der Waals surface area contributed by atoms with Gasteiger partial charge in [-0.25, -0.2) is 16.8 Å². The fraction of sp³-hybridized carbons (Fsp3) is 0.200. The largest absolute Gasteiger partial charge is 0.744 e. The molecule has 386 valence electrons. The van der Waals surface area contributed by atoms with Gasteiger partial charge in [0.05, 0.1) is 9.79 Å². The van der Waals surface area contributed by atoms with Crippen LogP contribution >= 0.6 is 0 Å². The van der Waals surface area contributed by atoms with Gasteiger partial charge in [0.2, 0.25) is 0 Å². The van der Waals surface area contributed by atoms with Crippen molar-refractivity contribution in [2.24, 2.45) is 0 Å². The zero-order valence-corrected chi connectivity index (χ0v) is 43.3. The van der Waals surface area contributed by atoms with Gasteiger partial charge in [-0.3, -0.25) is 0 Å². The Morgan fingerprint density at radius 2 is 0.548 bits per heavy atom. The Bertz CT molecular complexity index is 2530. The highest BCUT2D eigenvalue weighted by molar-refractivity contribution is 7.86. The van der Waals surface area contributed by atoms with Crippen LogP contribution in [0.25, 0.3) is 11.1 Å². The van der Waals surface area contributed by atoms with Gasteiger partial charge in [0, 0.05) is 46.6 Å². The first-order chi connectivity index (χ1) is 34.6. The molecular formula is C60H70N2O9S2. The molecular weight excluding hydrogens is 957 g/mol. The first kappa shape index (κ1) is 60.7. The monoisotopic (exact) mass is 1030 g/mol. The van der Waals surface area contributed by atoms with E-state index in [1.54, 1.807) is 0 Å². The Balaban J connectivity index is 0.000000258. The van der Waals surface area contributed by atoms with Gasteiger partial charge >= 0.3 is 0 Å². The van der Waals surface area contributed by atoms with Crippen LogP contribution in [0.5, 0.6) is 0 Å². The third-order valence-corrected chi connectivity index (χ3v) is 13.4. The van der Waals surface area contributed by atoms with Crippen LogP contribution in [0, 0.1) is 0 Å². The number of benzene rings is 8. The highest BCUT2D eigenvalue weighted by Gasteiger charge is 2.36. The highest BCUT2D eigenvalue weighted by Crippen LogP contribution is 2.33. The maximum Gasteiger partial charge on any atom is 0.172 e. The Labute approximate surface area is 432 Å². The van der Waals surface area contributed by atoms with Crippen molar-refractivity contribution in [3.05, 3.63) is 264 Å². The van der Waals surface area contributed by atoms with Gasteiger partial charge in [-0.15, -0.1) is 0 Å². The van der Waals surface area contributed by atoms with Crippen molar-refractivity contribution in [2.75, 3.05) is 13.2 Å². The first-order valence-electron chi connectivity index (χ1n) is 24.0. The SMILES string of the molecule is CCCCCO.CCCCCO.O.O=S(=O)([O-])c1ccc(-c2ccc(S(=O)(=O)[O-])cc2)cc1.[NH3+]C(c1ccccc1)(c1ccccc1)c1ccccc1.[NH3+]C(c1ccccc1)(c1ccccc1)c1ccccc1. The van der Waals surface area contributed by atoms with Gasteiger partial charge in [-0.05, 0) is 48.2 Å². The second kappa shape index (κ2) is 31.1. The maximum atomic E-state index is 10.8. The van der Waals surface area contributed by atoms with E-state index < -0.39 is 20.2 Å². The molecule has 0 aliphatic heterocycles. The van der Waals surface area contributed by atoms with E-state index in [4.69, 9.17) is 10.2 Å². The number of unbranched alkanes of at least 4 members (excludes halogenated alkanes) is 4. The van der Waals surface area contributed by atoms with Crippen LogP contribution in [-0.4, -0.2) is 54.8 Å². The molecule has 10 N–H and O–H groups in total. The predicted molar refractivity (Wildman–Crippen MR) is 289 cm³/mol. The summed E-state index contributed by atoms with van der Waals surface area (Å²) in [6.45, 7) is 4.95. The van der Waals surface area contributed by atoms with E-state index in [9.17, 15) is 25.9 Å². The number of quaternary nitrogens is 2. The maximum absolute atomic E-state index is 10.8. The van der Waals surface area contributed by atoms with Crippen molar-refractivity contribution >= 4 is 20.2 Å². The van der Waals surface area contributed by atoms with Gasteiger partial charge in [-0.2, -0.15) is 0 Å². The molecule has 0 atom stereocenters. The normalized spacial score (nSPS) is 11.0. The molecule has 0 unspecified atom stereocenters. The standard InChI is InChI=1S/2C19H17N.C12H10O6S2.2C5H12O.H2O/c2*20-19(16-10-4-1-5-11-16,17-12-6-2-7-13-17)18-14-8-3-9-15-18;13-19(14,15)11-5-1-9(2-6-11)10-3-7-12(8-4-10)20(16,17)18;2*1-2-3-4-5-6;/h2*1-15H,20H2;1-8H,(H,13,14,15)(H,16,17,18);2*6H,2-5H2,1H3;1H2. The lowest BCUT2D eigenvalue weighted by molar-refractivity contribution is -0.455. The van der Waals surface area contributed by atoms with E-state index in [-0.39, 0.29) is 26.3 Å². The number of rotatable bonds is 15. The number of aliphatic hydroxyl groups excluding tert-OH is 2. The minimum absolute atomic E-state index is 0. The molecule has 73 heavy (non-hydrogen) atoms. The highest BCUT2D eigenvalue weighted by atomic mass is 32.2. The van der Waals surface area contributed by atoms with Gasteiger partial charge in [0.15, 0.2) is 11.1 Å². The molecule has 8 aromatic rings. The van der Waals surface area contributed by atoms with Crippen molar-refractivity contribution in [3.63, 3.8) is 0 Å². The second-order valence-electron chi connectivity index (χ2n) is 16.8. The van der Waals surface area contributed by atoms with Crippen LogP contribution in [0.4, 0.5) is 0 Å². The summed E-state index contributed by atoms with van der Waals surface area (Å²) in [6, 6.07) is 73.2. The quantitative estimate of drug-likeness (QED) is 0.0437. The molecule has 11 nitrogen and oxygen atoms in total. The average molecular weight is 1030 g/mol. The van der Waals surface area contributed by atoms with Crippen molar-refractivity contribution < 1.29 is 53.1 Å². The molecule has 13 heteroatoms. The average Bonchev–Trinajstić information content (AvgIpc) is 3.43. The van der Waals surface area contributed by atoms with Crippen molar-refractivity contribution in [1.82, 2.24) is 0 Å². The summed E-state index contributed by atoms with van der Waals surface area (Å²) in [5.74, 6) is 0. The third kappa shape index (κ3) is 18.4. The van der Waals surface area contributed by atoms with E-state index in [1.165, 1.54) is 70.5 Å². The topological polar surface area (TPSA) is 242 Å². The van der Waals surface area contributed by atoms with E-state index in [2.05, 4.69) is 171 Å². The summed E-state index contributed by atoms with van der Waals surface area (Å²) in [4.78, 5) is -0.694. The van der Waals surface area contributed by atoms with Crippen molar-refractivity contribution in [3.8, 4) is 11.1 Å². The molecule has 0 aliphatic rings. The second-order valence-corrected chi connectivity index (χ2v) is 19.6. The molecule has 0 aliphatic carbocycles. The molecule has 0 fully saturated rings. The van der Waals surface area contributed by atoms with Gasteiger partial charge in [-0.1, -0.05) is 246 Å². The van der Waals surface area contributed by atoms with Crippen LogP contribution in [-0.2, 0) is 31.3 Å². The molecule has 0 saturated carbocycles. The Morgan fingerprint density at radius 3 is 0.685 bits per heavy atom. The van der Waals surface area contributed by atoms with Crippen LogP contribution in [0.2, 0.25) is 0 Å². The molecule has 0 aromatic heterocycles. The Morgan fingerprint density at radius 1 is 0.356 bits per heavy atom. The summed E-state index contributed by atoms with van der Waals surface area (Å²) in [5.41, 5.74) is 16.8. The molecule has 8 aromatic carbocycles. The summed E-state index contributed by atoms with van der Waals surface area (Å²) in [7, 11) is -9.00. The lowest BCUT2D eigenvalue weighted by Crippen LogP contribution is -2.71. The molecule has 0 amide bonds. The molecule has 0 radical (unpaired) electrons. The minimum atomic E-state index is -4.50. The number of hydrogen-bond donors (Lipinski definition) is 4. The molecule has 0 saturated heterocycles. The van der Waals surface area contributed by atoms with Gasteiger partial charge < -0.3 is 36.3 Å².